The molecular formula is C24H21ClN2O3S2. The van der Waals surface area contributed by atoms with Gasteiger partial charge in [0, 0.05) is 6.42 Å². The van der Waals surface area contributed by atoms with Gasteiger partial charge in [-0.05, 0) is 23.3 Å². The third-order valence-electron chi connectivity index (χ3n) is 4.93. The van der Waals surface area contributed by atoms with Crippen LogP contribution in [-0.2, 0) is 26.9 Å². The van der Waals surface area contributed by atoms with E-state index >= 15 is 0 Å². The standard InChI is InChI=1S/C24H21ClN2O3S2/c25-20-12-7-13-21-23(20)26-24(31-21)27(16-18-8-3-1-4-9-18)22(28)14-15-32(29,30)17-19-10-5-2-6-11-19/h1-13H,14-17H2. The lowest BCUT2D eigenvalue weighted by Crippen LogP contribution is -2.31. The minimum absolute atomic E-state index is 0.0868. The Bertz CT molecular complexity index is 1320. The normalized spacial score (nSPS) is 11.5. The Morgan fingerprint density at radius 3 is 2.22 bits per heavy atom. The van der Waals surface area contributed by atoms with E-state index in [0.717, 1.165) is 10.3 Å². The predicted molar refractivity (Wildman–Crippen MR) is 131 cm³/mol. The highest BCUT2D eigenvalue weighted by Crippen LogP contribution is 2.33. The fourth-order valence-corrected chi connectivity index (χ4v) is 5.94. The number of hydrogen-bond acceptors (Lipinski definition) is 5. The summed E-state index contributed by atoms with van der Waals surface area (Å²) in [5.41, 5.74) is 2.27. The summed E-state index contributed by atoms with van der Waals surface area (Å²) < 4.78 is 26.1. The Morgan fingerprint density at radius 1 is 0.906 bits per heavy atom. The first kappa shape index (κ1) is 22.5. The molecule has 0 atom stereocenters. The molecule has 164 valence electrons. The van der Waals surface area contributed by atoms with Crippen LogP contribution in [0.2, 0.25) is 5.02 Å². The fourth-order valence-electron chi connectivity index (χ4n) is 3.33. The highest BCUT2D eigenvalue weighted by molar-refractivity contribution is 7.90. The average molecular weight is 485 g/mol. The summed E-state index contributed by atoms with van der Waals surface area (Å²) in [6.07, 6.45) is -0.119. The van der Waals surface area contributed by atoms with Crippen molar-refractivity contribution >= 4 is 54.0 Å². The van der Waals surface area contributed by atoms with Crippen molar-refractivity contribution in [2.75, 3.05) is 10.7 Å². The number of sulfone groups is 1. The number of halogens is 1. The van der Waals surface area contributed by atoms with E-state index in [1.165, 1.54) is 11.3 Å². The number of para-hydroxylation sites is 1. The quantitative estimate of drug-likeness (QED) is 0.331. The van der Waals surface area contributed by atoms with Gasteiger partial charge in [0.05, 0.1) is 27.8 Å². The second-order valence-corrected chi connectivity index (χ2v) is 11.0. The zero-order valence-electron chi connectivity index (χ0n) is 17.1. The molecule has 4 rings (SSSR count). The van der Waals surface area contributed by atoms with Gasteiger partial charge in [0.25, 0.3) is 0 Å². The van der Waals surface area contributed by atoms with Crippen LogP contribution < -0.4 is 4.90 Å². The fraction of sp³-hybridized carbons (Fsp3) is 0.167. The van der Waals surface area contributed by atoms with Crippen molar-refractivity contribution in [1.82, 2.24) is 4.98 Å². The predicted octanol–water partition coefficient (Wildman–Crippen LogP) is 5.49. The molecule has 0 fully saturated rings. The maximum atomic E-state index is 13.2. The van der Waals surface area contributed by atoms with Gasteiger partial charge in [-0.25, -0.2) is 13.4 Å². The molecule has 3 aromatic carbocycles. The number of anilines is 1. The van der Waals surface area contributed by atoms with Crippen molar-refractivity contribution in [2.24, 2.45) is 0 Å². The molecule has 0 aliphatic carbocycles. The van der Waals surface area contributed by atoms with E-state index in [2.05, 4.69) is 4.98 Å². The number of fused-ring (bicyclic) bond motifs is 1. The Hall–Kier alpha value is -2.74. The molecule has 8 heteroatoms. The molecule has 0 radical (unpaired) electrons. The van der Waals surface area contributed by atoms with Crippen molar-refractivity contribution in [3.05, 3.63) is 95.0 Å². The van der Waals surface area contributed by atoms with Crippen molar-refractivity contribution in [1.29, 1.82) is 0 Å². The Labute approximate surface area is 196 Å². The van der Waals surface area contributed by atoms with E-state index in [-0.39, 0.29) is 23.8 Å². The summed E-state index contributed by atoms with van der Waals surface area (Å²) in [6, 6.07) is 24.0. The first-order valence-corrected chi connectivity index (χ1v) is 13.1. The van der Waals surface area contributed by atoms with E-state index in [0.29, 0.717) is 27.8 Å². The van der Waals surface area contributed by atoms with E-state index in [1.54, 1.807) is 35.2 Å². The molecule has 5 nitrogen and oxygen atoms in total. The molecule has 0 saturated heterocycles. The highest BCUT2D eigenvalue weighted by atomic mass is 35.5. The number of benzene rings is 3. The van der Waals surface area contributed by atoms with Gasteiger partial charge in [-0.2, -0.15) is 0 Å². The van der Waals surface area contributed by atoms with Gasteiger partial charge in [0.1, 0.15) is 5.52 Å². The summed E-state index contributed by atoms with van der Waals surface area (Å²) in [6.45, 7) is 0.301. The third-order valence-corrected chi connectivity index (χ3v) is 7.88. The van der Waals surface area contributed by atoms with Gasteiger partial charge in [0.2, 0.25) is 5.91 Å². The van der Waals surface area contributed by atoms with Crippen LogP contribution in [0.1, 0.15) is 17.5 Å². The molecule has 32 heavy (non-hydrogen) atoms. The third kappa shape index (κ3) is 5.54. The summed E-state index contributed by atoms with van der Waals surface area (Å²) >= 11 is 7.64. The molecule has 0 saturated carbocycles. The summed E-state index contributed by atoms with van der Waals surface area (Å²) in [4.78, 5) is 19.3. The minimum atomic E-state index is -3.44. The summed E-state index contributed by atoms with van der Waals surface area (Å²) in [5, 5.41) is 1.02. The average Bonchev–Trinajstić information content (AvgIpc) is 3.22. The minimum Gasteiger partial charge on any atom is -0.284 e. The largest absolute Gasteiger partial charge is 0.284 e. The van der Waals surface area contributed by atoms with E-state index in [4.69, 9.17) is 11.6 Å². The van der Waals surface area contributed by atoms with Crippen LogP contribution in [0.4, 0.5) is 5.13 Å². The summed E-state index contributed by atoms with van der Waals surface area (Å²) in [7, 11) is -3.44. The maximum Gasteiger partial charge on any atom is 0.230 e. The highest BCUT2D eigenvalue weighted by Gasteiger charge is 2.23. The van der Waals surface area contributed by atoms with Gasteiger partial charge in [-0.15, -0.1) is 0 Å². The lowest BCUT2D eigenvalue weighted by Gasteiger charge is -2.20. The zero-order valence-corrected chi connectivity index (χ0v) is 19.5. The molecule has 0 unspecified atom stereocenters. The second-order valence-electron chi connectivity index (χ2n) is 7.38. The number of nitrogens with zero attached hydrogens (tertiary/aromatic N) is 2. The van der Waals surface area contributed by atoms with Crippen molar-refractivity contribution in [2.45, 2.75) is 18.7 Å². The van der Waals surface area contributed by atoms with Crippen LogP contribution in [-0.4, -0.2) is 25.1 Å². The number of hydrogen-bond donors (Lipinski definition) is 0. The van der Waals surface area contributed by atoms with Crippen molar-refractivity contribution in [3.8, 4) is 0 Å². The lowest BCUT2D eigenvalue weighted by atomic mass is 10.2. The van der Waals surface area contributed by atoms with Crippen LogP contribution in [0.3, 0.4) is 0 Å². The monoisotopic (exact) mass is 484 g/mol. The molecule has 0 aliphatic rings. The molecule has 1 aromatic heterocycles. The van der Waals surface area contributed by atoms with Crippen molar-refractivity contribution < 1.29 is 13.2 Å². The second kappa shape index (κ2) is 9.81. The molecule has 0 spiro atoms. The van der Waals surface area contributed by atoms with Gasteiger partial charge in [-0.1, -0.05) is 89.7 Å². The topological polar surface area (TPSA) is 67.3 Å². The molecule has 0 bridgehead atoms. The van der Waals surface area contributed by atoms with Gasteiger partial charge in [-0.3, -0.25) is 9.69 Å². The molecule has 0 N–H and O–H groups in total. The van der Waals surface area contributed by atoms with Crippen LogP contribution in [0, 0.1) is 0 Å². The number of amides is 1. The van der Waals surface area contributed by atoms with E-state index in [9.17, 15) is 13.2 Å². The van der Waals surface area contributed by atoms with Gasteiger partial charge >= 0.3 is 0 Å². The van der Waals surface area contributed by atoms with Crippen molar-refractivity contribution in [3.63, 3.8) is 0 Å². The number of carbonyl (C=O) groups is 1. The SMILES string of the molecule is O=C(CCS(=O)(=O)Cc1ccccc1)N(Cc1ccccc1)c1nc2c(Cl)cccc2s1. The summed E-state index contributed by atoms with van der Waals surface area (Å²) in [5.74, 6) is -0.602. The van der Waals surface area contributed by atoms with E-state index in [1.807, 2.05) is 48.5 Å². The lowest BCUT2D eigenvalue weighted by molar-refractivity contribution is -0.118. The van der Waals surface area contributed by atoms with Crippen LogP contribution in [0.5, 0.6) is 0 Å². The van der Waals surface area contributed by atoms with Gasteiger partial charge in [0.15, 0.2) is 15.0 Å². The maximum absolute atomic E-state index is 13.2. The van der Waals surface area contributed by atoms with E-state index < -0.39 is 9.84 Å². The first-order valence-electron chi connectivity index (χ1n) is 10.0. The molecule has 0 aliphatic heterocycles. The van der Waals surface area contributed by atoms with Gasteiger partial charge < -0.3 is 0 Å². The Balaban J connectivity index is 1.56. The van der Waals surface area contributed by atoms with Crippen LogP contribution in [0.25, 0.3) is 10.2 Å². The smallest absolute Gasteiger partial charge is 0.230 e. The number of rotatable bonds is 8. The number of carbonyl (C=O) groups excluding carboxylic acids is 1. The Kier molecular flexibility index (Phi) is 6.89. The zero-order chi connectivity index (χ0) is 22.6. The van der Waals surface area contributed by atoms with Crippen LogP contribution in [0.15, 0.2) is 78.9 Å². The molecular weight excluding hydrogens is 464 g/mol. The number of aromatic nitrogens is 1. The molecule has 4 aromatic rings. The number of thiazole rings is 1. The molecule has 1 amide bonds. The first-order chi connectivity index (χ1) is 15.4. The van der Waals surface area contributed by atoms with Crippen LogP contribution >= 0.6 is 22.9 Å². The molecule has 1 heterocycles. The Morgan fingerprint density at radius 2 is 1.56 bits per heavy atom.